The van der Waals surface area contributed by atoms with Gasteiger partial charge in [-0.25, -0.2) is 4.79 Å². The monoisotopic (exact) mass is 286 g/mol. The van der Waals surface area contributed by atoms with E-state index >= 15 is 0 Å². The van der Waals surface area contributed by atoms with Crippen LogP contribution in [0.15, 0.2) is 33.9 Å². The minimum Gasteiger partial charge on any atom is -0.378 e. The Morgan fingerprint density at radius 2 is 1.86 bits per heavy atom. The van der Waals surface area contributed by atoms with Gasteiger partial charge in [-0.05, 0) is 36.1 Å². The van der Waals surface area contributed by atoms with Crippen molar-refractivity contribution in [2.75, 3.05) is 24.3 Å². The highest BCUT2D eigenvalue weighted by Crippen LogP contribution is 2.27. The maximum Gasteiger partial charge on any atom is 0.327 e. The molecule has 0 saturated heterocycles. The molecule has 1 unspecified atom stereocenters. The van der Waals surface area contributed by atoms with Crippen molar-refractivity contribution >= 4 is 11.5 Å². The van der Waals surface area contributed by atoms with Crippen LogP contribution in [0.25, 0.3) is 0 Å². The third-order valence-corrected chi connectivity index (χ3v) is 3.76. The van der Waals surface area contributed by atoms with Gasteiger partial charge < -0.3 is 10.2 Å². The van der Waals surface area contributed by atoms with Crippen LogP contribution in [-0.4, -0.2) is 30.1 Å². The summed E-state index contributed by atoms with van der Waals surface area (Å²) >= 11 is 0. The molecule has 2 aromatic rings. The molecule has 21 heavy (non-hydrogen) atoms. The summed E-state index contributed by atoms with van der Waals surface area (Å²) in [5.74, 6) is 0.467. The molecule has 6 nitrogen and oxygen atoms in total. The summed E-state index contributed by atoms with van der Waals surface area (Å²) < 4.78 is 0. The van der Waals surface area contributed by atoms with Crippen molar-refractivity contribution in [1.29, 1.82) is 0 Å². The molecule has 0 saturated carbocycles. The van der Waals surface area contributed by atoms with E-state index in [0.717, 1.165) is 12.8 Å². The molecule has 6 heteroatoms. The predicted octanol–water partition coefficient (Wildman–Crippen LogP) is 0.708. The number of benzene rings is 1. The Hall–Kier alpha value is -2.50. The highest BCUT2D eigenvalue weighted by Gasteiger charge is 2.22. The predicted molar refractivity (Wildman–Crippen MR) is 83.3 cm³/mol. The molecule has 0 spiro atoms. The Kier molecular flexibility index (Phi) is 3.29. The standard InChI is InChI=1S/C15H18N4O2/c1-19(2)12-4-3-9-5-11(6-10(9)7-12)16-13-8-14(20)18-15(21)17-13/h3-4,7-8,11H,5-6H2,1-2H3,(H3,16,17,18,20,21). The molecule has 1 atom stereocenters. The molecule has 1 aromatic heterocycles. The van der Waals surface area contributed by atoms with E-state index in [-0.39, 0.29) is 6.04 Å². The zero-order chi connectivity index (χ0) is 15.0. The van der Waals surface area contributed by atoms with Gasteiger partial charge in [-0.3, -0.25) is 14.8 Å². The number of aromatic nitrogens is 2. The van der Waals surface area contributed by atoms with E-state index in [1.165, 1.54) is 22.9 Å². The lowest BCUT2D eigenvalue weighted by molar-refractivity contribution is 0.765. The highest BCUT2D eigenvalue weighted by atomic mass is 16.2. The SMILES string of the molecule is CN(C)c1ccc2c(c1)CC(Nc1cc(=O)[nH]c(=O)[nH]1)C2. The fourth-order valence-corrected chi connectivity index (χ4v) is 2.75. The van der Waals surface area contributed by atoms with Crippen molar-refractivity contribution in [3.63, 3.8) is 0 Å². The molecule has 3 N–H and O–H groups in total. The van der Waals surface area contributed by atoms with Gasteiger partial charge in [0.25, 0.3) is 5.56 Å². The van der Waals surface area contributed by atoms with E-state index in [9.17, 15) is 9.59 Å². The Labute approximate surface area is 121 Å². The Bertz CT molecular complexity index is 747. The molecule has 1 heterocycles. The van der Waals surface area contributed by atoms with Crippen LogP contribution in [-0.2, 0) is 12.8 Å². The van der Waals surface area contributed by atoms with Crippen molar-refractivity contribution in [3.05, 3.63) is 56.2 Å². The molecule has 3 rings (SSSR count). The zero-order valence-corrected chi connectivity index (χ0v) is 12.1. The summed E-state index contributed by atoms with van der Waals surface area (Å²) in [7, 11) is 4.04. The van der Waals surface area contributed by atoms with Gasteiger partial charge in [0, 0.05) is 31.9 Å². The van der Waals surface area contributed by atoms with Gasteiger partial charge in [0.2, 0.25) is 0 Å². The van der Waals surface area contributed by atoms with E-state index in [4.69, 9.17) is 0 Å². The average molecular weight is 286 g/mol. The average Bonchev–Trinajstić information content (AvgIpc) is 2.78. The summed E-state index contributed by atoms with van der Waals surface area (Å²) in [5, 5.41) is 3.23. The normalized spacial score (nSPS) is 16.6. The topological polar surface area (TPSA) is 81.0 Å². The second-order valence-electron chi connectivity index (χ2n) is 5.60. The molecule has 110 valence electrons. The highest BCUT2D eigenvalue weighted by molar-refractivity contribution is 5.52. The third kappa shape index (κ3) is 2.84. The van der Waals surface area contributed by atoms with Crippen LogP contribution in [0.5, 0.6) is 0 Å². The van der Waals surface area contributed by atoms with Crippen LogP contribution in [0.2, 0.25) is 0 Å². The number of aromatic amines is 2. The molecule has 0 aliphatic heterocycles. The maximum atomic E-state index is 11.3. The van der Waals surface area contributed by atoms with Crippen molar-refractivity contribution in [1.82, 2.24) is 9.97 Å². The van der Waals surface area contributed by atoms with Crippen LogP contribution in [0.3, 0.4) is 0 Å². The Morgan fingerprint density at radius 3 is 2.57 bits per heavy atom. The van der Waals surface area contributed by atoms with Gasteiger partial charge in [-0.15, -0.1) is 0 Å². The summed E-state index contributed by atoms with van der Waals surface area (Å²) in [4.78, 5) is 29.4. The number of anilines is 2. The van der Waals surface area contributed by atoms with Gasteiger partial charge in [-0.2, -0.15) is 0 Å². The summed E-state index contributed by atoms with van der Waals surface area (Å²) in [6, 6.07) is 8.01. The molecule has 0 bridgehead atoms. The number of hydrogen-bond donors (Lipinski definition) is 3. The molecular formula is C15H18N4O2. The van der Waals surface area contributed by atoms with E-state index in [0.29, 0.717) is 5.82 Å². The number of nitrogens with one attached hydrogen (secondary N) is 3. The quantitative estimate of drug-likeness (QED) is 0.776. The summed E-state index contributed by atoms with van der Waals surface area (Å²) in [5.41, 5.74) is 2.91. The second-order valence-corrected chi connectivity index (χ2v) is 5.60. The molecule has 0 amide bonds. The molecule has 1 aliphatic rings. The largest absolute Gasteiger partial charge is 0.378 e. The van der Waals surface area contributed by atoms with Crippen LogP contribution in [0.1, 0.15) is 11.1 Å². The smallest absolute Gasteiger partial charge is 0.327 e. The first-order chi connectivity index (χ1) is 10.0. The number of fused-ring (bicyclic) bond motifs is 1. The molecule has 0 fully saturated rings. The van der Waals surface area contributed by atoms with Gasteiger partial charge >= 0.3 is 5.69 Å². The van der Waals surface area contributed by atoms with Crippen LogP contribution < -0.4 is 21.5 Å². The lowest BCUT2D eigenvalue weighted by Gasteiger charge is -2.13. The first-order valence-electron chi connectivity index (χ1n) is 6.90. The first-order valence-corrected chi connectivity index (χ1v) is 6.90. The number of hydrogen-bond acceptors (Lipinski definition) is 4. The lowest BCUT2D eigenvalue weighted by atomic mass is 10.1. The van der Waals surface area contributed by atoms with Gasteiger partial charge in [0.15, 0.2) is 0 Å². The first kappa shape index (κ1) is 13.5. The van der Waals surface area contributed by atoms with Crippen molar-refractivity contribution in [2.45, 2.75) is 18.9 Å². The fourth-order valence-electron chi connectivity index (χ4n) is 2.75. The fraction of sp³-hybridized carbons (Fsp3) is 0.333. The second kappa shape index (κ2) is 5.12. The minimum atomic E-state index is -0.490. The summed E-state index contributed by atoms with van der Waals surface area (Å²) in [6.45, 7) is 0. The van der Waals surface area contributed by atoms with Crippen molar-refractivity contribution < 1.29 is 0 Å². The zero-order valence-electron chi connectivity index (χ0n) is 12.1. The van der Waals surface area contributed by atoms with Gasteiger partial charge in [-0.1, -0.05) is 6.07 Å². The van der Waals surface area contributed by atoms with E-state index in [2.05, 4.69) is 38.4 Å². The molecule has 0 radical (unpaired) electrons. The number of rotatable bonds is 3. The number of H-pyrrole nitrogens is 2. The third-order valence-electron chi connectivity index (χ3n) is 3.76. The van der Waals surface area contributed by atoms with Crippen LogP contribution in [0, 0.1) is 0 Å². The summed E-state index contributed by atoms with van der Waals surface area (Å²) in [6.07, 6.45) is 1.77. The Balaban J connectivity index is 1.78. The number of nitrogens with zero attached hydrogens (tertiary/aromatic N) is 1. The molecule has 1 aliphatic carbocycles. The maximum absolute atomic E-state index is 11.3. The molecule has 1 aromatic carbocycles. The van der Waals surface area contributed by atoms with Crippen molar-refractivity contribution in [2.24, 2.45) is 0 Å². The van der Waals surface area contributed by atoms with Crippen LogP contribution >= 0.6 is 0 Å². The van der Waals surface area contributed by atoms with Gasteiger partial charge in [0.1, 0.15) is 5.82 Å². The Morgan fingerprint density at radius 1 is 1.10 bits per heavy atom. The van der Waals surface area contributed by atoms with Crippen molar-refractivity contribution in [3.8, 4) is 0 Å². The van der Waals surface area contributed by atoms with E-state index in [1.807, 2.05) is 14.1 Å². The minimum absolute atomic E-state index is 0.190. The van der Waals surface area contributed by atoms with E-state index in [1.54, 1.807) is 0 Å². The van der Waals surface area contributed by atoms with E-state index < -0.39 is 11.2 Å². The molecular weight excluding hydrogens is 268 g/mol. The van der Waals surface area contributed by atoms with Crippen LogP contribution in [0.4, 0.5) is 11.5 Å². The lowest BCUT2D eigenvalue weighted by Crippen LogP contribution is -2.27. The van der Waals surface area contributed by atoms with Gasteiger partial charge in [0.05, 0.1) is 0 Å².